The molecule has 136 valence electrons. The second-order valence-corrected chi connectivity index (χ2v) is 8.30. The number of fused-ring (bicyclic) bond motifs is 3. The monoisotopic (exact) mass is 378 g/mol. The van der Waals surface area contributed by atoms with E-state index in [1.807, 2.05) is 16.2 Å². The highest BCUT2D eigenvalue weighted by molar-refractivity contribution is 7.99. The quantitative estimate of drug-likeness (QED) is 0.541. The van der Waals surface area contributed by atoms with Crippen LogP contribution in [0.25, 0.3) is 28.1 Å². The number of benzene rings is 1. The van der Waals surface area contributed by atoms with E-state index in [9.17, 15) is 0 Å². The SMILES string of the molecule is c1ccc2c(c1)c(N1CCSCC1)nc1c(-c3nc(C4CC4)no3)ncn12. The highest BCUT2D eigenvalue weighted by atomic mass is 32.2. The lowest BCUT2D eigenvalue weighted by molar-refractivity contribution is 0.422. The lowest BCUT2D eigenvalue weighted by Gasteiger charge is -2.28. The van der Waals surface area contributed by atoms with Crippen molar-refractivity contribution in [1.82, 2.24) is 24.5 Å². The molecule has 4 aromatic rings. The second-order valence-electron chi connectivity index (χ2n) is 7.07. The minimum atomic E-state index is 0.451. The molecule has 0 unspecified atom stereocenters. The zero-order valence-electron chi connectivity index (χ0n) is 14.7. The van der Waals surface area contributed by atoms with Crippen molar-refractivity contribution in [3.05, 3.63) is 36.4 Å². The first-order chi connectivity index (χ1) is 13.4. The summed E-state index contributed by atoms with van der Waals surface area (Å²) >= 11 is 2.00. The maximum atomic E-state index is 5.52. The summed E-state index contributed by atoms with van der Waals surface area (Å²) in [4.78, 5) is 16.5. The molecular weight excluding hydrogens is 360 g/mol. The van der Waals surface area contributed by atoms with Crippen LogP contribution in [0, 0.1) is 0 Å². The van der Waals surface area contributed by atoms with Gasteiger partial charge in [-0.25, -0.2) is 9.97 Å². The highest BCUT2D eigenvalue weighted by Crippen LogP contribution is 2.39. The van der Waals surface area contributed by atoms with Gasteiger partial charge in [0.2, 0.25) is 0 Å². The third-order valence-corrected chi connectivity index (χ3v) is 6.20. The molecule has 0 amide bonds. The van der Waals surface area contributed by atoms with E-state index in [1.165, 1.54) is 0 Å². The first-order valence-electron chi connectivity index (χ1n) is 9.31. The van der Waals surface area contributed by atoms with Crippen LogP contribution in [0.1, 0.15) is 24.6 Å². The largest absolute Gasteiger partial charge is 0.354 e. The number of anilines is 1. The van der Waals surface area contributed by atoms with Gasteiger partial charge in [-0.05, 0) is 25.0 Å². The van der Waals surface area contributed by atoms with Crippen molar-refractivity contribution in [2.24, 2.45) is 0 Å². The van der Waals surface area contributed by atoms with E-state index in [1.54, 1.807) is 6.33 Å². The number of rotatable bonds is 3. The van der Waals surface area contributed by atoms with Gasteiger partial charge in [-0.3, -0.25) is 4.40 Å². The summed E-state index contributed by atoms with van der Waals surface area (Å²) in [6.45, 7) is 2.02. The van der Waals surface area contributed by atoms with E-state index in [4.69, 9.17) is 9.51 Å². The van der Waals surface area contributed by atoms with Gasteiger partial charge >= 0.3 is 0 Å². The molecule has 1 aliphatic carbocycles. The first kappa shape index (κ1) is 15.4. The van der Waals surface area contributed by atoms with E-state index in [-0.39, 0.29) is 0 Å². The van der Waals surface area contributed by atoms with Crippen LogP contribution in [0.3, 0.4) is 0 Å². The summed E-state index contributed by atoms with van der Waals surface area (Å²) in [5, 5.41) is 5.28. The standard InChI is InChI=1S/C19H18N6OS/c1-2-4-14-13(3-1)17(24-7-9-27-10-8-24)22-18-15(20-11-25(14)18)19-21-16(23-26-19)12-5-6-12/h1-4,11-12H,5-10H2. The Kier molecular flexibility index (Phi) is 3.40. The Labute approximate surface area is 159 Å². The smallest absolute Gasteiger partial charge is 0.280 e. The van der Waals surface area contributed by atoms with Gasteiger partial charge in [0, 0.05) is 35.9 Å². The van der Waals surface area contributed by atoms with Crippen molar-refractivity contribution in [2.45, 2.75) is 18.8 Å². The Morgan fingerprint density at radius 1 is 1.07 bits per heavy atom. The van der Waals surface area contributed by atoms with Gasteiger partial charge in [0.1, 0.15) is 12.1 Å². The van der Waals surface area contributed by atoms with E-state index < -0.39 is 0 Å². The molecule has 0 radical (unpaired) electrons. The van der Waals surface area contributed by atoms with Crippen molar-refractivity contribution in [2.75, 3.05) is 29.5 Å². The first-order valence-corrected chi connectivity index (χ1v) is 10.5. The summed E-state index contributed by atoms with van der Waals surface area (Å²) in [7, 11) is 0. The van der Waals surface area contributed by atoms with Crippen molar-refractivity contribution in [3.63, 3.8) is 0 Å². The van der Waals surface area contributed by atoms with Crippen LogP contribution in [0.15, 0.2) is 35.1 Å². The fraction of sp³-hybridized carbons (Fsp3) is 0.368. The van der Waals surface area contributed by atoms with Crippen LogP contribution in [0.5, 0.6) is 0 Å². The number of aromatic nitrogens is 5. The average Bonchev–Trinajstić information content (AvgIpc) is 3.30. The van der Waals surface area contributed by atoms with Crippen LogP contribution >= 0.6 is 11.8 Å². The Balaban J connectivity index is 1.56. The number of nitrogens with zero attached hydrogens (tertiary/aromatic N) is 6. The van der Waals surface area contributed by atoms with Crippen LogP contribution in [-0.4, -0.2) is 49.1 Å². The van der Waals surface area contributed by atoms with Crippen LogP contribution < -0.4 is 4.90 Å². The third kappa shape index (κ3) is 2.50. The predicted molar refractivity (Wildman–Crippen MR) is 105 cm³/mol. The average molecular weight is 378 g/mol. The minimum absolute atomic E-state index is 0.451. The predicted octanol–water partition coefficient (Wildman–Crippen LogP) is 3.36. The van der Waals surface area contributed by atoms with Gasteiger partial charge < -0.3 is 9.42 Å². The molecule has 8 heteroatoms. The molecule has 1 aromatic carbocycles. The topological polar surface area (TPSA) is 72.3 Å². The second kappa shape index (κ2) is 5.95. The molecule has 1 aliphatic heterocycles. The summed E-state index contributed by atoms with van der Waals surface area (Å²) in [5.74, 6) is 4.97. The number of hydrogen-bond acceptors (Lipinski definition) is 7. The number of imidazole rings is 1. The van der Waals surface area contributed by atoms with E-state index in [2.05, 4.69) is 44.3 Å². The van der Waals surface area contributed by atoms with E-state index in [0.29, 0.717) is 17.5 Å². The lowest BCUT2D eigenvalue weighted by Crippen LogP contribution is -2.33. The minimum Gasteiger partial charge on any atom is -0.354 e. The molecule has 0 spiro atoms. The molecule has 4 heterocycles. The normalized spacial score (nSPS) is 17.9. The van der Waals surface area contributed by atoms with Gasteiger partial charge in [-0.15, -0.1) is 0 Å². The molecule has 3 aromatic heterocycles. The van der Waals surface area contributed by atoms with Gasteiger partial charge in [0.05, 0.1) is 5.52 Å². The molecule has 7 nitrogen and oxygen atoms in total. The van der Waals surface area contributed by atoms with E-state index in [0.717, 1.165) is 65.6 Å². The zero-order valence-corrected chi connectivity index (χ0v) is 15.5. The van der Waals surface area contributed by atoms with Gasteiger partial charge in [0.25, 0.3) is 5.89 Å². The third-order valence-electron chi connectivity index (χ3n) is 5.26. The Morgan fingerprint density at radius 3 is 2.78 bits per heavy atom. The molecule has 1 saturated heterocycles. The molecule has 6 rings (SSSR count). The summed E-state index contributed by atoms with van der Waals surface area (Å²) < 4.78 is 7.54. The van der Waals surface area contributed by atoms with Crippen molar-refractivity contribution in [1.29, 1.82) is 0 Å². The van der Waals surface area contributed by atoms with Gasteiger partial charge in [0.15, 0.2) is 17.2 Å². The number of thioether (sulfide) groups is 1. The van der Waals surface area contributed by atoms with Crippen molar-refractivity contribution >= 4 is 34.1 Å². The van der Waals surface area contributed by atoms with Gasteiger partial charge in [-0.1, -0.05) is 17.3 Å². The fourth-order valence-electron chi connectivity index (χ4n) is 3.66. The van der Waals surface area contributed by atoms with E-state index >= 15 is 0 Å². The van der Waals surface area contributed by atoms with Crippen molar-refractivity contribution < 1.29 is 4.52 Å². The maximum Gasteiger partial charge on any atom is 0.280 e. The zero-order chi connectivity index (χ0) is 17.8. The summed E-state index contributed by atoms with van der Waals surface area (Å²) in [6, 6.07) is 8.36. The highest BCUT2D eigenvalue weighted by Gasteiger charge is 2.30. The summed E-state index contributed by atoms with van der Waals surface area (Å²) in [6.07, 6.45) is 4.09. The number of hydrogen-bond donors (Lipinski definition) is 0. The molecule has 27 heavy (non-hydrogen) atoms. The van der Waals surface area contributed by atoms with Crippen LogP contribution in [0.4, 0.5) is 5.82 Å². The Hall–Kier alpha value is -2.61. The molecule has 0 bridgehead atoms. The Morgan fingerprint density at radius 2 is 1.93 bits per heavy atom. The molecular formula is C19H18N6OS. The molecule has 2 aliphatic rings. The molecule has 1 saturated carbocycles. The van der Waals surface area contributed by atoms with Gasteiger partial charge in [-0.2, -0.15) is 16.7 Å². The summed E-state index contributed by atoms with van der Waals surface area (Å²) in [5.41, 5.74) is 2.53. The molecule has 0 atom stereocenters. The van der Waals surface area contributed by atoms with Crippen LogP contribution in [0.2, 0.25) is 0 Å². The fourth-order valence-corrected chi connectivity index (χ4v) is 4.57. The molecule has 2 fully saturated rings. The molecule has 0 N–H and O–H groups in total. The van der Waals surface area contributed by atoms with Crippen LogP contribution in [-0.2, 0) is 0 Å². The Bertz CT molecular complexity index is 1140. The maximum absolute atomic E-state index is 5.52. The lowest BCUT2D eigenvalue weighted by atomic mass is 10.2. The number of para-hydroxylation sites is 1. The van der Waals surface area contributed by atoms with Crippen molar-refractivity contribution in [3.8, 4) is 11.6 Å².